The lowest BCUT2D eigenvalue weighted by molar-refractivity contribution is 0.0190. The maximum atomic E-state index is 8.81. The molecule has 0 spiro atoms. The second-order valence-electron chi connectivity index (χ2n) is 2.62. The number of furan rings is 1. The molecule has 1 fully saturated rings. The van der Waals surface area contributed by atoms with Crippen LogP contribution in [-0.4, -0.2) is 23.6 Å². The Bertz CT molecular complexity index is 234. The Kier molecular flexibility index (Phi) is 2.39. The molecular weight excluding hydrogens is 176 g/mol. The molecule has 0 aliphatic carbocycles. The summed E-state index contributed by atoms with van der Waals surface area (Å²) in [6.45, 7) is 0.0875. The molecule has 0 amide bonds. The van der Waals surface area contributed by atoms with Crippen LogP contribution < -0.4 is 0 Å². The minimum Gasteiger partial charge on any atom is -0.466 e. The van der Waals surface area contributed by atoms with Crippen molar-refractivity contribution in [2.24, 2.45) is 0 Å². The van der Waals surface area contributed by atoms with E-state index in [1.807, 2.05) is 12.1 Å². The summed E-state index contributed by atoms with van der Waals surface area (Å²) in [6.07, 6.45) is 1.59. The minimum atomic E-state index is -0.0369. The number of aliphatic hydroxyl groups is 1. The van der Waals surface area contributed by atoms with Crippen molar-refractivity contribution in [3.05, 3.63) is 24.2 Å². The molecule has 1 unspecified atom stereocenters. The molecule has 4 heteroatoms. The highest BCUT2D eigenvalue weighted by atomic mass is 32.2. The topological polar surface area (TPSA) is 42.6 Å². The first-order valence-electron chi connectivity index (χ1n) is 3.81. The van der Waals surface area contributed by atoms with E-state index in [4.69, 9.17) is 14.3 Å². The monoisotopic (exact) mass is 186 g/mol. The van der Waals surface area contributed by atoms with Gasteiger partial charge in [0.25, 0.3) is 0 Å². The van der Waals surface area contributed by atoms with E-state index >= 15 is 0 Å². The summed E-state index contributed by atoms with van der Waals surface area (Å²) in [7, 11) is 0. The fraction of sp³-hybridized carbons (Fsp3) is 0.500. The van der Waals surface area contributed by atoms with Gasteiger partial charge in [-0.05, 0) is 12.1 Å². The third kappa shape index (κ3) is 1.50. The first-order valence-corrected chi connectivity index (χ1v) is 4.86. The lowest BCUT2D eigenvalue weighted by Gasteiger charge is -2.07. The highest BCUT2D eigenvalue weighted by Crippen LogP contribution is 2.38. The second kappa shape index (κ2) is 3.51. The van der Waals surface area contributed by atoms with Crippen molar-refractivity contribution in [3.63, 3.8) is 0 Å². The first kappa shape index (κ1) is 8.16. The Balaban J connectivity index is 2.00. The number of hydrogen-bond acceptors (Lipinski definition) is 4. The van der Waals surface area contributed by atoms with Crippen LogP contribution in [0.1, 0.15) is 11.2 Å². The van der Waals surface area contributed by atoms with Gasteiger partial charge >= 0.3 is 0 Å². The molecule has 1 aromatic heterocycles. The van der Waals surface area contributed by atoms with E-state index < -0.39 is 0 Å². The summed E-state index contributed by atoms with van der Waals surface area (Å²) in [5, 5.41) is 8.81. The Hall–Kier alpha value is -0.450. The molecule has 1 N–H and O–H groups in total. The normalized spacial score (nSPS) is 29.4. The van der Waals surface area contributed by atoms with Crippen LogP contribution in [-0.2, 0) is 4.74 Å². The molecule has 1 aliphatic heterocycles. The molecule has 3 nitrogen and oxygen atoms in total. The van der Waals surface area contributed by atoms with Gasteiger partial charge in [-0.25, -0.2) is 0 Å². The van der Waals surface area contributed by atoms with Crippen LogP contribution >= 0.6 is 11.8 Å². The largest absolute Gasteiger partial charge is 0.466 e. The van der Waals surface area contributed by atoms with Gasteiger partial charge in [0, 0.05) is 5.75 Å². The summed E-state index contributed by atoms with van der Waals surface area (Å²) in [6, 6.07) is 3.73. The molecule has 12 heavy (non-hydrogen) atoms. The smallest absolute Gasteiger partial charge is 0.161 e. The Labute approximate surface area is 74.7 Å². The zero-order valence-electron chi connectivity index (χ0n) is 6.47. The Morgan fingerprint density at radius 3 is 3.17 bits per heavy atom. The van der Waals surface area contributed by atoms with Crippen LogP contribution in [0.4, 0.5) is 0 Å². The van der Waals surface area contributed by atoms with Gasteiger partial charge in [0.15, 0.2) is 5.44 Å². The van der Waals surface area contributed by atoms with Crippen LogP contribution in [0.3, 0.4) is 0 Å². The molecule has 66 valence electrons. The predicted octanol–water partition coefficient (Wildman–Crippen LogP) is 1.40. The van der Waals surface area contributed by atoms with E-state index in [-0.39, 0.29) is 18.1 Å². The van der Waals surface area contributed by atoms with E-state index in [2.05, 4.69) is 0 Å². The molecule has 0 aromatic carbocycles. The molecule has 1 aromatic rings. The molecule has 1 aliphatic rings. The molecule has 2 rings (SSSR count). The predicted molar refractivity (Wildman–Crippen MR) is 45.9 cm³/mol. The molecule has 0 saturated carbocycles. The number of thioether (sulfide) groups is 1. The number of ether oxygens (including phenoxy) is 1. The minimum absolute atomic E-state index is 0.0304. The Morgan fingerprint density at radius 1 is 1.67 bits per heavy atom. The maximum Gasteiger partial charge on any atom is 0.161 e. The van der Waals surface area contributed by atoms with Gasteiger partial charge in [-0.3, -0.25) is 0 Å². The zero-order chi connectivity index (χ0) is 8.39. The third-order valence-electron chi connectivity index (χ3n) is 1.73. The van der Waals surface area contributed by atoms with Crippen molar-refractivity contribution in [1.82, 2.24) is 0 Å². The van der Waals surface area contributed by atoms with Gasteiger partial charge in [-0.15, -0.1) is 11.8 Å². The fourth-order valence-electron chi connectivity index (χ4n) is 1.12. The number of hydrogen-bond donors (Lipinski definition) is 1. The molecule has 2 heterocycles. The molecular formula is C8H10O3S. The summed E-state index contributed by atoms with van der Waals surface area (Å²) in [5.74, 6) is 1.66. The Morgan fingerprint density at radius 2 is 2.58 bits per heavy atom. The van der Waals surface area contributed by atoms with Gasteiger partial charge in [0.2, 0.25) is 0 Å². The molecule has 0 bridgehead atoms. The first-order chi connectivity index (χ1) is 5.90. The SMILES string of the molecule is OC[C@@H]1CSC(c2ccco2)O1. The van der Waals surface area contributed by atoms with E-state index in [0.717, 1.165) is 11.5 Å². The standard InChI is InChI=1S/C8H10O3S/c9-4-6-5-12-8(11-6)7-2-1-3-10-7/h1-3,6,8-9H,4-5H2/t6-,8?/m1/s1. The van der Waals surface area contributed by atoms with Gasteiger partial charge in [-0.1, -0.05) is 0 Å². The van der Waals surface area contributed by atoms with E-state index in [9.17, 15) is 0 Å². The van der Waals surface area contributed by atoms with Crippen LogP contribution in [0.25, 0.3) is 0 Å². The van der Waals surface area contributed by atoms with Gasteiger partial charge in [0.05, 0.1) is 19.0 Å². The van der Waals surface area contributed by atoms with Crippen LogP contribution in [0, 0.1) is 0 Å². The van der Waals surface area contributed by atoms with E-state index in [0.29, 0.717) is 0 Å². The maximum absolute atomic E-state index is 8.81. The van der Waals surface area contributed by atoms with Crippen molar-refractivity contribution in [1.29, 1.82) is 0 Å². The summed E-state index contributed by atoms with van der Waals surface area (Å²) in [5.41, 5.74) is -0.0304. The average molecular weight is 186 g/mol. The van der Waals surface area contributed by atoms with Crippen molar-refractivity contribution in [2.75, 3.05) is 12.4 Å². The van der Waals surface area contributed by atoms with Crippen molar-refractivity contribution in [3.8, 4) is 0 Å². The van der Waals surface area contributed by atoms with Gasteiger partial charge in [0.1, 0.15) is 5.76 Å². The second-order valence-corrected chi connectivity index (χ2v) is 3.72. The van der Waals surface area contributed by atoms with Gasteiger partial charge in [-0.2, -0.15) is 0 Å². The highest BCUT2D eigenvalue weighted by Gasteiger charge is 2.28. The van der Waals surface area contributed by atoms with Crippen LogP contribution in [0.5, 0.6) is 0 Å². The van der Waals surface area contributed by atoms with E-state index in [1.165, 1.54) is 0 Å². The van der Waals surface area contributed by atoms with Crippen molar-refractivity contribution in [2.45, 2.75) is 11.5 Å². The van der Waals surface area contributed by atoms with Crippen molar-refractivity contribution >= 4 is 11.8 Å². The molecule has 2 atom stereocenters. The van der Waals surface area contributed by atoms with E-state index in [1.54, 1.807) is 18.0 Å². The summed E-state index contributed by atoms with van der Waals surface area (Å²) >= 11 is 1.66. The molecule has 0 radical (unpaired) electrons. The third-order valence-corrected chi connectivity index (χ3v) is 2.94. The number of aliphatic hydroxyl groups excluding tert-OH is 1. The lowest BCUT2D eigenvalue weighted by atomic mass is 10.4. The average Bonchev–Trinajstić information content (AvgIpc) is 2.75. The fourth-order valence-corrected chi connectivity index (χ4v) is 2.23. The quantitative estimate of drug-likeness (QED) is 0.758. The zero-order valence-corrected chi connectivity index (χ0v) is 7.29. The summed E-state index contributed by atoms with van der Waals surface area (Å²) < 4.78 is 10.7. The highest BCUT2D eigenvalue weighted by molar-refractivity contribution is 7.99. The molecule has 1 saturated heterocycles. The summed E-state index contributed by atoms with van der Waals surface area (Å²) in [4.78, 5) is 0. The van der Waals surface area contributed by atoms with Gasteiger partial charge < -0.3 is 14.3 Å². The van der Waals surface area contributed by atoms with Crippen LogP contribution in [0.15, 0.2) is 22.8 Å². The lowest BCUT2D eigenvalue weighted by Crippen LogP contribution is -2.13. The number of rotatable bonds is 2. The van der Waals surface area contributed by atoms with Crippen LogP contribution in [0.2, 0.25) is 0 Å². The van der Waals surface area contributed by atoms with Crippen molar-refractivity contribution < 1.29 is 14.3 Å².